The van der Waals surface area contributed by atoms with Gasteiger partial charge in [-0.3, -0.25) is 4.79 Å². The third-order valence-electron chi connectivity index (χ3n) is 5.10. The van der Waals surface area contributed by atoms with Gasteiger partial charge in [-0.1, -0.05) is 20.3 Å². The van der Waals surface area contributed by atoms with Crippen molar-refractivity contribution in [3.8, 4) is 0 Å². The highest BCUT2D eigenvalue weighted by Gasteiger charge is 2.51. The molecule has 4 heteroatoms. The van der Waals surface area contributed by atoms with Crippen molar-refractivity contribution in [1.82, 2.24) is 10.2 Å². The van der Waals surface area contributed by atoms with Gasteiger partial charge in [0.05, 0.1) is 0 Å². The molecule has 4 nitrogen and oxygen atoms in total. The van der Waals surface area contributed by atoms with Gasteiger partial charge < -0.3 is 15.3 Å². The highest BCUT2D eigenvalue weighted by molar-refractivity contribution is 5.80. The van der Waals surface area contributed by atoms with Gasteiger partial charge in [0.25, 0.3) is 0 Å². The molecule has 1 aliphatic carbocycles. The molecule has 1 unspecified atom stereocenters. The molecule has 0 aromatic heterocycles. The summed E-state index contributed by atoms with van der Waals surface area (Å²) in [6, 6.07) is 0. The van der Waals surface area contributed by atoms with Crippen LogP contribution in [0.1, 0.15) is 52.4 Å². The fourth-order valence-electron chi connectivity index (χ4n) is 3.48. The van der Waals surface area contributed by atoms with E-state index in [0.29, 0.717) is 12.5 Å². The number of hydrogen-bond donors (Lipinski definition) is 2. The zero-order chi connectivity index (χ0) is 14.6. The maximum atomic E-state index is 11.9. The summed E-state index contributed by atoms with van der Waals surface area (Å²) in [5, 5.41) is 13.2. The molecule has 0 amide bonds. The van der Waals surface area contributed by atoms with Crippen molar-refractivity contribution in [3.05, 3.63) is 0 Å². The number of carbonyl (C=O) groups is 1. The van der Waals surface area contributed by atoms with E-state index in [1.807, 2.05) is 0 Å². The third-order valence-corrected chi connectivity index (χ3v) is 5.10. The SMILES string of the molecule is CCCNC(CN1CCC(CC)CC1)(C(=O)O)C1CC1. The van der Waals surface area contributed by atoms with Crippen LogP contribution in [0.15, 0.2) is 0 Å². The lowest BCUT2D eigenvalue weighted by molar-refractivity contribution is -0.147. The van der Waals surface area contributed by atoms with Gasteiger partial charge in [-0.2, -0.15) is 0 Å². The number of hydrogen-bond acceptors (Lipinski definition) is 3. The van der Waals surface area contributed by atoms with Crippen molar-refractivity contribution in [2.45, 2.75) is 57.9 Å². The van der Waals surface area contributed by atoms with Crippen LogP contribution in [0.5, 0.6) is 0 Å². The number of carboxylic acids is 1. The highest BCUT2D eigenvalue weighted by Crippen LogP contribution is 2.41. The molecule has 0 aromatic carbocycles. The average molecular weight is 282 g/mol. The topological polar surface area (TPSA) is 52.6 Å². The Bertz CT molecular complexity index is 322. The van der Waals surface area contributed by atoms with Gasteiger partial charge in [0.15, 0.2) is 0 Å². The van der Waals surface area contributed by atoms with Gasteiger partial charge in [0.1, 0.15) is 5.54 Å². The Kier molecular flexibility index (Phi) is 5.44. The van der Waals surface area contributed by atoms with Gasteiger partial charge in [-0.15, -0.1) is 0 Å². The maximum Gasteiger partial charge on any atom is 0.325 e. The first kappa shape index (κ1) is 15.8. The third kappa shape index (κ3) is 3.53. The van der Waals surface area contributed by atoms with E-state index in [-0.39, 0.29) is 0 Å². The van der Waals surface area contributed by atoms with Gasteiger partial charge in [-0.05, 0) is 63.6 Å². The van der Waals surface area contributed by atoms with Crippen LogP contribution in [0.4, 0.5) is 0 Å². The van der Waals surface area contributed by atoms with Crippen LogP contribution in [0.3, 0.4) is 0 Å². The van der Waals surface area contributed by atoms with E-state index in [1.165, 1.54) is 19.3 Å². The minimum absolute atomic E-state index is 0.329. The number of nitrogens with zero attached hydrogens (tertiary/aromatic N) is 1. The van der Waals surface area contributed by atoms with Crippen molar-refractivity contribution in [3.63, 3.8) is 0 Å². The van der Waals surface area contributed by atoms with Crippen LogP contribution < -0.4 is 5.32 Å². The van der Waals surface area contributed by atoms with Gasteiger partial charge in [-0.25, -0.2) is 0 Å². The summed E-state index contributed by atoms with van der Waals surface area (Å²) < 4.78 is 0. The molecule has 0 aromatic rings. The largest absolute Gasteiger partial charge is 0.480 e. The molecule has 1 aliphatic heterocycles. The van der Waals surface area contributed by atoms with E-state index >= 15 is 0 Å². The Morgan fingerprint density at radius 2 is 1.90 bits per heavy atom. The number of aliphatic carboxylic acids is 1. The highest BCUT2D eigenvalue weighted by atomic mass is 16.4. The minimum atomic E-state index is -0.699. The van der Waals surface area contributed by atoms with Crippen molar-refractivity contribution in [2.75, 3.05) is 26.2 Å². The molecule has 20 heavy (non-hydrogen) atoms. The van der Waals surface area contributed by atoms with Crippen LogP contribution in [-0.2, 0) is 4.79 Å². The van der Waals surface area contributed by atoms with Crippen molar-refractivity contribution in [2.24, 2.45) is 11.8 Å². The number of piperidine rings is 1. The Labute approximate surface area is 122 Å². The summed E-state index contributed by atoms with van der Waals surface area (Å²) in [7, 11) is 0. The maximum absolute atomic E-state index is 11.9. The van der Waals surface area contributed by atoms with Crippen LogP contribution in [0.2, 0.25) is 0 Å². The summed E-state index contributed by atoms with van der Waals surface area (Å²) in [4.78, 5) is 14.3. The predicted octanol–water partition coefficient (Wildman–Crippen LogP) is 2.34. The Hall–Kier alpha value is -0.610. The summed E-state index contributed by atoms with van der Waals surface area (Å²) in [5.41, 5.74) is -0.699. The fourth-order valence-corrected chi connectivity index (χ4v) is 3.48. The molecule has 0 spiro atoms. The average Bonchev–Trinajstić information content (AvgIpc) is 3.28. The second-order valence-electron chi connectivity index (χ2n) is 6.61. The van der Waals surface area contributed by atoms with Gasteiger partial charge in [0.2, 0.25) is 0 Å². The smallest absolute Gasteiger partial charge is 0.325 e. The molecular formula is C16H30N2O2. The molecule has 2 N–H and O–H groups in total. The van der Waals surface area contributed by atoms with Gasteiger partial charge in [0, 0.05) is 6.54 Å². The summed E-state index contributed by atoms with van der Waals surface area (Å²) in [6.45, 7) is 7.97. The minimum Gasteiger partial charge on any atom is -0.480 e. The first-order valence-corrected chi connectivity index (χ1v) is 8.33. The molecule has 1 saturated heterocycles. The number of carboxylic acid groups (broad SMARTS) is 1. The first-order chi connectivity index (χ1) is 9.62. The van der Waals surface area contributed by atoms with Crippen LogP contribution in [-0.4, -0.2) is 47.7 Å². The lowest BCUT2D eigenvalue weighted by Gasteiger charge is -2.39. The van der Waals surface area contributed by atoms with Crippen LogP contribution in [0, 0.1) is 11.8 Å². The van der Waals surface area contributed by atoms with Crippen molar-refractivity contribution in [1.29, 1.82) is 0 Å². The van der Waals surface area contributed by atoms with E-state index in [9.17, 15) is 9.90 Å². The number of nitrogens with one attached hydrogen (secondary N) is 1. The molecule has 2 aliphatic rings. The predicted molar refractivity (Wildman–Crippen MR) is 80.8 cm³/mol. The van der Waals surface area contributed by atoms with E-state index in [0.717, 1.165) is 44.8 Å². The normalized spacial score (nSPS) is 24.5. The van der Waals surface area contributed by atoms with Crippen LogP contribution in [0.25, 0.3) is 0 Å². The van der Waals surface area contributed by atoms with Crippen molar-refractivity contribution < 1.29 is 9.90 Å². The fraction of sp³-hybridized carbons (Fsp3) is 0.938. The van der Waals surface area contributed by atoms with E-state index < -0.39 is 11.5 Å². The van der Waals surface area contributed by atoms with Gasteiger partial charge >= 0.3 is 5.97 Å². The Morgan fingerprint density at radius 3 is 2.35 bits per heavy atom. The molecule has 1 heterocycles. The zero-order valence-corrected chi connectivity index (χ0v) is 13.0. The quantitative estimate of drug-likeness (QED) is 0.717. The molecule has 0 bridgehead atoms. The van der Waals surface area contributed by atoms with E-state index in [4.69, 9.17) is 0 Å². The summed E-state index contributed by atoms with van der Waals surface area (Å²) in [5.74, 6) is 0.525. The lowest BCUT2D eigenvalue weighted by atomic mass is 9.89. The standard InChI is InChI=1S/C16H30N2O2/c1-3-9-17-16(15(19)20,14-5-6-14)12-18-10-7-13(4-2)8-11-18/h13-14,17H,3-12H2,1-2H3,(H,19,20). The summed E-state index contributed by atoms with van der Waals surface area (Å²) >= 11 is 0. The molecule has 2 fully saturated rings. The number of likely N-dealkylation sites (tertiary alicyclic amines) is 1. The second-order valence-corrected chi connectivity index (χ2v) is 6.61. The van der Waals surface area contributed by atoms with E-state index in [1.54, 1.807) is 0 Å². The van der Waals surface area contributed by atoms with Crippen molar-refractivity contribution >= 4 is 5.97 Å². The molecular weight excluding hydrogens is 252 g/mol. The molecule has 1 atom stereocenters. The number of rotatable bonds is 8. The van der Waals surface area contributed by atoms with Crippen LogP contribution >= 0.6 is 0 Å². The monoisotopic (exact) mass is 282 g/mol. The zero-order valence-electron chi connectivity index (χ0n) is 13.0. The molecule has 116 valence electrons. The molecule has 0 radical (unpaired) electrons. The summed E-state index contributed by atoms with van der Waals surface area (Å²) in [6.07, 6.45) is 6.83. The second kappa shape index (κ2) is 6.90. The Balaban J connectivity index is 1.98. The molecule has 2 rings (SSSR count). The Morgan fingerprint density at radius 1 is 1.25 bits per heavy atom. The molecule has 1 saturated carbocycles. The first-order valence-electron chi connectivity index (χ1n) is 8.33. The lowest BCUT2D eigenvalue weighted by Crippen LogP contribution is -2.61. The van der Waals surface area contributed by atoms with E-state index in [2.05, 4.69) is 24.1 Å².